The Hall–Kier alpha value is -1.30. The molecule has 0 amide bonds. The number of rotatable bonds is 4. The zero-order chi connectivity index (χ0) is 19.4. The summed E-state index contributed by atoms with van der Waals surface area (Å²) in [5, 5.41) is 7.75. The Morgan fingerprint density at radius 2 is 2.00 bits per heavy atom. The van der Waals surface area contributed by atoms with Crippen LogP contribution in [-0.4, -0.2) is 18.2 Å². The molecule has 0 unspecified atom stereocenters. The minimum absolute atomic E-state index is 0.116. The van der Waals surface area contributed by atoms with Crippen molar-refractivity contribution in [2.24, 2.45) is 5.92 Å². The molecule has 3 nitrogen and oxygen atoms in total. The van der Waals surface area contributed by atoms with Crippen molar-refractivity contribution in [3.63, 3.8) is 0 Å². The van der Waals surface area contributed by atoms with Crippen LogP contribution in [0, 0.1) is 5.92 Å². The van der Waals surface area contributed by atoms with Gasteiger partial charge in [-0.3, -0.25) is 0 Å². The van der Waals surface area contributed by atoms with E-state index in [1.165, 1.54) is 24.1 Å². The number of thiocarbonyl (C=S) groups is 1. The van der Waals surface area contributed by atoms with Crippen LogP contribution in [0.4, 0.5) is 11.4 Å². The van der Waals surface area contributed by atoms with Crippen molar-refractivity contribution < 1.29 is 0 Å². The van der Waals surface area contributed by atoms with E-state index in [-0.39, 0.29) is 6.04 Å². The number of halogens is 2. The minimum Gasteiger partial charge on any atom is -0.371 e. The molecule has 1 heterocycles. The monoisotopic (exact) mass is 465 g/mol. The highest BCUT2D eigenvalue weighted by Gasteiger charge is 2.17. The van der Waals surface area contributed by atoms with Gasteiger partial charge in [-0.1, -0.05) is 30.7 Å². The topological polar surface area (TPSA) is 27.3 Å². The third kappa shape index (κ3) is 5.59. The van der Waals surface area contributed by atoms with E-state index in [1.807, 2.05) is 18.2 Å². The van der Waals surface area contributed by atoms with Crippen molar-refractivity contribution in [2.45, 2.75) is 32.7 Å². The van der Waals surface area contributed by atoms with Crippen molar-refractivity contribution in [2.75, 3.05) is 23.3 Å². The Labute approximate surface area is 180 Å². The number of piperidine rings is 1. The molecule has 0 spiro atoms. The highest BCUT2D eigenvalue weighted by Crippen LogP contribution is 2.26. The Morgan fingerprint density at radius 3 is 2.67 bits per heavy atom. The Bertz CT molecular complexity index is 797. The summed E-state index contributed by atoms with van der Waals surface area (Å²) in [6, 6.07) is 14.6. The average molecular weight is 467 g/mol. The van der Waals surface area contributed by atoms with Gasteiger partial charge in [0.2, 0.25) is 0 Å². The van der Waals surface area contributed by atoms with E-state index < -0.39 is 0 Å². The molecule has 27 heavy (non-hydrogen) atoms. The third-order valence-corrected chi connectivity index (χ3v) is 6.39. The molecule has 2 aromatic rings. The highest BCUT2D eigenvalue weighted by atomic mass is 79.9. The Balaban J connectivity index is 1.57. The minimum atomic E-state index is 0.116. The highest BCUT2D eigenvalue weighted by molar-refractivity contribution is 9.10. The first-order chi connectivity index (χ1) is 12.9. The van der Waals surface area contributed by atoms with E-state index in [4.69, 9.17) is 23.8 Å². The van der Waals surface area contributed by atoms with Gasteiger partial charge in [0.05, 0.1) is 11.1 Å². The van der Waals surface area contributed by atoms with Gasteiger partial charge in [0.25, 0.3) is 0 Å². The van der Waals surface area contributed by atoms with Crippen molar-refractivity contribution in [1.82, 2.24) is 5.32 Å². The molecule has 2 aromatic carbocycles. The summed E-state index contributed by atoms with van der Waals surface area (Å²) in [5.41, 5.74) is 3.38. The van der Waals surface area contributed by atoms with Crippen LogP contribution in [0.25, 0.3) is 0 Å². The number of benzene rings is 2. The molecular weight excluding hydrogens is 442 g/mol. The maximum Gasteiger partial charge on any atom is 0.171 e. The predicted molar refractivity (Wildman–Crippen MR) is 124 cm³/mol. The van der Waals surface area contributed by atoms with Crippen molar-refractivity contribution in [3.8, 4) is 0 Å². The second-order valence-electron chi connectivity index (χ2n) is 7.23. The molecule has 1 aliphatic rings. The van der Waals surface area contributed by atoms with Gasteiger partial charge < -0.3 is 15.5 Å². The number of nitrogens with zero attached hydrogens (tertiary/aromatic N) is 1. The summed E-state index contributed by atoms with van der Waals surface area (Å²) in [5.74, 6) is 0.773. The van der Waals surface area contributed by atoms with Gasteiger partial charge in [-0.25, -0.2) is 0 Å². The maximum atomic E-state index is 6.13. The second-order valence-corrected chi connectivity index (χ2v) is 8.90. The SMILES string of the molecule is C[C@H]1CCCN(c2ccc([C@@H](C)NC(=S)Nc3ccc(Br)c(Cl)c3)cc2)C1. The summed E-state index contributed by atoms with van der Waals surface area (Å²) in [6.45, 7) is 6.75. The summed E-state index contributed by atoms with van der Waals surface area (Å²) < 4.78 is 0.866. The zero-order valence-corrected chi connectivity index (χ0v) is 18.8. The average Bonchev–Trinajstić information content (AvgIpc) is 2.65. The van der Waals surface area contributed by atoms with E-state index in [0.29, 0.717) is 10.1 Å². The third-order valence-electron chi connectivity index (χ3n) is 4.94. The quantitative estimate of drug-likeness (QED) is 0.511. The van der Waals surface area contributed by atoms with Gasteiger partial charge in [-0.2, -0.15) is 0 Å². The molecule has 3 rings (SSSR count). The van der Waals surface area contributed by atoms with E-state index in [9.17, 15) is 0 Å². The maximum absolute atomic E-state index is 6.13. The lowest BCUT2D eigenvalue weighted by atomic mass is 9.99. The van der Waals surface area contributed by atoms with Gasteiger partial charge in [0, 0.05) is 28.9 Å². The van der Waals surface area contributed by atoms with Crippen LogP contribution in [0.3, 0.4) is 0 Å². The lowest BCUT2D eigenvalue weighted by molar-refractivity contribution is 0.447. The van der Waals surface area contributed by atoms with Gasteiger partial charge in [-0.05, 0) is 89.7 Å². The smallest absolute Gasteiger partial charge is 0.171 e. The lowest BCUT2D eigenvalue weighted by Gasteiger charge is -2.33. The van der Waals surface area contributed by atoms with Crippen LogP contribution in [0.2, 0.25) is 5.02 Å². The molecule has 0 aliphatic carbocycles. The van der Waals surface area contributed by atoms with E-state index >= 15 is 0 Å². The molecule has 144 valence electrons. The molecular formula is C21H25BrClN3S. The van der Waals surface area contributed by atoms with Crippen molar-refractivity contribution >= 4 is 56.2 Å². The van der Waals surface area contributed by atoms with Crippen LogP contribution >= 0.6 is 39.7 Å². The summed E-state index contributed by atoms with van der Waals surface area (Å²) >= 11 is 15.0. The van der Waals surface area contributed by atoms with Gasteiger partial charge in [0.1, 0.15) is 0 Å². The van der Waals surface area contributed by atoms with Crippen molar-refractivity contribution in [3.05, 3.63) is 57.5 Å². The Kier molecular flexibility index (Phi) is 7.01. The molecule has 1 aliphatic heterocycles. The molecule has 0 aromatic heterocycles. The molecule has 6 heteroatoms. The number of hydrogen-bond acceptors (Lipinski definition) is 2. The lowest BCUT2D eigenvalue weighted by Crippen LogP contribution is -2.34. The fraction of sp³-hybridized carbons (Fsp3) is 0.381. The fourth-order valence-electron chi connectivity index (χ4n) is 3.42. The molecule has 0 saturated carbocycles. The van der Waals surface area contributed by atoms with Gasteiger partial charge in [0.15, 0.2) is 5.11 Å². The summed E-state index contributed by atoms with van der Waals surface area (Å²) in [7, 11) is 0. The summed E-state index contributed by atoms with van der Waals surface area (Å²) in [6.07, 6.45) is 2.62. The van der Waals surface area contributed by atoms with Crippen LogP contribution in [-0.2, 0) is 0 Å². The van der Waals surface area contributed by atoms with Gasteiger partial charge in [-0.15, -0.1) is 0 Å². The molecule has 1 saturated heterocycles. The molecule has 0 radical (unpaired) electrons. The predicted octanol–water partition coefficient (Wildman–Crippen LogP) is 6.39. The van der Waals surface area contributed by atoms with Crippen LogP contribution in [0.1, 0.15) is 38.3 Å². The standard InChI is InChI=1S/C21H25BrClN3S/c1-14-4-3-11-26(13-14)18-8-5-16(6-9-18)15(2)24-21(27)25-17-7-10-19(22)20(23)12-17/h5-10,12,14-15H,3-4,11,13H2,1-2H3,(H2,24,25,27)/t14-,15+/m0/s1. The first-order valence-electron chi connectivity index (χ1n) is 9.30. The van der Waals surface area contributed by atoms with Crippen LogP contribution in [0.5, 0.6) is 0 Å². The number of anilines is 2. The Morgan fingerprint density at radius 1 is 1.26 bits per heavy atom. The largest absolute Gasteiger partial charge is 0.371 e. The van der Waals surface area contributed by atoms with Crippen LogP contribution in [0.15, 0.2) is 46.9 Å². The second kappa shape index (κ2) is 9.26. The van der Waals surface area contributed by atoms with E-state index in [0.717, 1.165) is 29.2 Å². The first-order valence-corrected chi connectivity index (χ1v) is 10.9. The van der Waals surface area contributed by atoms with E-state index in [1.54, 1.807) is 0 Å². The van der Waals surface area contributed by atoms with Crippen LogP contribution < -0.4 is 15.5 Å². The van der Waals surface area contributed by atoms with Crippen molar-refractivity contribution in [1.29, 1.82) is 0 Å². The summed E-state index contributed by atoms with van der Waals surface area (Å²) in [4.78, 5) is 2.49. The number of nitrogens with one attached hydrogen (secondary N) is 2. The zero-order valence-electron chi connectivity index (χ0n) is 15.6. The first kappa shape index (κ1) is 20.4. The molecule has 1 fully saturated rings. The normalized spacial score (nSPS) is 18.1. The fourth-order valence-corrected chi connectivity index (χ4v) is 4.14. The molecule has 2 atom stereocenters. The molecule has 0 bridgehead atoms. The van der Waals surface area contributed by atoms with E-state index in [2.05, 4.69) is 69.6 Å². The number of hydrogen-bond donors (Lipinski definition) is 2. The molecule has 2 N–H and O–H groups in total. The van der Waals surface area contributed by atoms with Gasteiger partial charge >= 0.3 is 0 Å².